The maximum absolute atomic E-state index is 12.6. The standard InChI is InChI=1S/C19H32N2O3S/c1-4-5-8-17(3)25(22,23)20-15-19(21-10-12-24-13-11-21)18-9-6-7-16(2)14-18/h6-7,9,14,17,19-20H,4-5,8,10-13,15H2,1-3H3/t17-,19-/m0/s1. The number of nitrogens with zero attached hydrogens (tertiary/aromatic N) is 1. The summed E-state index contributed by atoms with van der Waals surface area (Å²) in [6.07, 6.45) is 2.66. The van der Waals surface area contributed by atoms with Crippen LogP contribution in [-0.2, 0) is 14.8 Å². The molecule has 1 aromatic rings. The van der Waals surface area contributed by atoms with Gasteiger partial charge >= 0.3 is 0 Å². The second-order valence-corrected chi connectivity index (χ2v) is 9.11. The van der Waals surface area contributed by atoms with Gasteiger partial charge in [-0.15, -0.1) is 0 Å². The Labute approximate surface area is 152 Å². The minimum atomic E-state index is -3.29. The number of hydrogen-bond donors (Lipinski definition) is 1. The number of morpholine rings is 1. The van der Waals surface area contributed by atoms with E-state index in [9.17, 15) is 8.42 Å². The van der Waals surface area contributed by atoms with Gasteiger partial charge in [-0.2, -0.15) is 0 Å². The van der Waals surface area contributed by atoms with Crippen molar-refractivity contribution in [1.82, 2.24) is 9.62 Å². The fourth-order valence-corrected chi connectivity index (χ4v) is 4.36. The Morgan fingerprint density at radius 2 is 2.00 bits per heavy atom. The maximum Gasteiger partial charge on any atom is 0.214 e. The highest BCUT2D eigenvalue weighted by Gasteiger charge is 2.26. The highest BCUT2D eigenvalue weighted by Crippen LogP contribution is 2.23. The van der Waals surface area contributed by atoms with Crippen LogP contribution in [0.4, 0.5) is 0 Å². The molecule has 0 unspecified atom stereocenters. The Hall–Kier alpha value is -0.950. The first-order valence-corrected chi connectivity index (χ1v) is 10.9. The van der Waals surface area contributed by atoms with Gasteiger partial charge in [0.15, 0.2) is 0 Å². The highest BCUT2D eigenvalue weighted by molar-refractivity contribution is 7.90. The maximum atomic E-state index is 12.6. The van der Waals surface area contributed by atoms with E-state index in [4.69, 9.17) is 4.74 Å². The Kier molecular flexibility index (Phi) is 7.87. The van der Waals surface area contributed by atoms with Crippen molar-refractivity contribution in [2.45, 2.75) is 51.3 Å². The topological polar surface area (TPSA) is 58.6 Å². The molecule has 0 saturated carbocycles. The van der Waals surface area contributed by atoms with Gasteiger partial charge in [-0.05, 0) is 25.8 Å². The summed E-state index contributed by atoms with van der Waals surface area (Å²) in [7, 11) is -3.29. The van der Waals surface area contributed by atoms with Gasteiger partial charge in [-0.1, -0.05) is 49.6 Å². The average Bonchev–Trinajstić information content (AvgIpc) is 2.60. The monoisotopic (exact) mass is 368 g/mol. The lowest BCUT2D eigenvalue weighted by molar-refractivity contribution is 0.0172. The van der Waals surface area contributed by atoms with Gasteiger partial charge in [0.2, 0.25) is 10.0 Å². The van der Waals surface area contributed by atoms with E-state index in [1.165, 1.54) is 5.56 Å². The minimum Gasteiger partial charge on any atom is -0.379 e. The Morgan fingerprint density at radius 3 is 2.64 bits per heavy atom. The smallest absolute Gasteiger partial charge is 0.214 e. The number of benzene rings is 1. The van der Waals surface area contributed by atoms with Crippen molar-refractivity contribution in [2.24, 2.45) is 0 Å². The highest BCUT2D eigenvalue weighted by atomic mass is 32.2. The first-order valence-electron chi connectivity index (χ1n) is 9.31. The van der Waals surface area contributed by atoms with Crippen LogP contribution in [0.5, 0.6) is 0 Å². The van der Waals surface area contributed by atoms with Crippen molar-refractivity contribution in [3.8, 4) is 0 Å². The molecule has 1 aliphatic rings. The molecule has 0 aromatic heterocycles. The van der Waals surface area contributed by atoms with Crippen molar-refractivity contribution < 1.29 is 13.2 Å². The number of aryl methyl sites for hydroxylation is 1. The second kappa shape index (κ2) is 9.67. The van der Waals surface area contributed by atoms with Crippen LogP contribution < -0.4 is 4.72 Å². The molecule has 0 bridgehead atoms. The molecule has 1 fully saturated rings. The fraction of sp³-hybridized carbons (Fsp3) is 0.684. The predicted octanol–water partition coefficient (Wildman–Crippen LogP) is 2.87. The molecular formula is C19H32N2O3S. The van der Waals surface area contributed by atoms with Gasteiger partial charge in [0.1, 0.15) is 0 Å². The second-order valence-electron chi connectivity index (χ2n) is 6.92. The summed E-state index contributed by atoms with van der Waals surface area (Å²) in [5.74, 6) is 0. The van der Waals surface area contributed by atoms with E-state index in [1.807, 2.05) is 6.07 Å². The van der Waals surface area contributed by atoms with Gasteiger partial charge in [-0.25, -0.2) is 13.1 Å². The molecule has 1 N–H and O–H groups in total. The van der Waals surface area contributed by atoms with Crippen LogP contribution in [0.1, 0.15) is 50.3 Å². The molecule has 6 heteroatoms. The summed E-state index contributed by atoms with van der Waals surface area (Å²) in [4.78, 5) is 2.32. The van der Waals surface area contributed by atoms with Gasteiger partial charge in [0.05, 0.1) is 18.5 Å². The van der Waals surface area contributed by atoms with Crippen molar-refractivity contribution in [3.05, 3.63) is 35.4 Å². The lowest BCUT2D eigenvalue weighted by Crippen LogP contribution is -2.45. The van der Waals surface area contributed by atoms with Crippen LogP contribution in [0.15, 0.2) is 24.3 Å². The first kappa shape index (κ1) is 20.4. The summed E-state index contributed by atoms with van der Waals surface area (Å²) in [6.45, 7) is 9.40. The third kappa shape index (κ3) is 6.06. The fourth-order valence-electron chi connectivity index (χ4n) is 3.21. The minimum absolute atomic E-state index is 0.0388. The molecular weight excluding hydrogens is 336 g/mol. The van der Waals surface area contributed by atoms with Crippen LogP contribution in [0.3, 0.4) is 0 Å². The van der Waals surface area contributed by atoms with Gasteiger partial charge < -0.3 is 4.74 Å². The summed E-state index contributed by atoms with van der Waals surface area (Å²) in [5.41, 5.74) is 2.35. The molecule has 2 rings (SSSR count). The van der Waals surface area contributed by atoms with E-state index >= 15 is 0 Å². The van der Waals surface area contributed by atoms with Crippen molar-refractivity contribution >= 4 is 10.0 Å². The van der Waals surface area contributed by atoms with Crippen LogP contribution in [0.2, 0.25) is 0 Å². The molecule has 2 atom stereocenters. The zero-order chi connectivity index (χ0) is 18.3. The Balaban J connectivity index is 2.10. The average molecular weight is 369 g/mol. The van der Waals surface area contributed by atoms with Crippen molar-refractivity contribution in [3.63, 3.8) is 0 Å². The lowest BCUT2D eigenvalue weighted by Gasteiger charge is -2.35. The molecule has 0 spiro atoms. The molecule has 5 nitrogen and oxygen atoms in total. The zero-order valence-electron chi connectivity index (χ0n) is 15.7. The van der Waals surface area contributed by atoms with Crippen LogP contribution in [0, 0.1) is 6.92 Å². The normalized spacial score (nSPS) is 18.8. The largest absolute Gasteiger partial charge is 0.379 e. The number of rotatable bonds is 9. The van der Waals surface area contributed by atoms with Gasteiger partial charge in [0, 0.05) is 25.7 Å². The zero-order valence-corrected chi connectivity index (χ0v) is 16.5. The van der Waals surface area contributed by atoms with Gasteiger partial charge in [0.25, 0.3) is 0 Å². The molecule has 1 heterocycles. The molecule has 0 radical (unpaired) electrons. The molecule has 1 aliphatic heterocycles. The quantitative estimate of drug-likeness (QED) is 0.728. The van der Waals surface area contributed by atoms with E-state index in [0.717, 1.165) is 31.5 Å². The lowest BCUT2D eigenvalue weighted by atomic mass is 10.0. The molecule has 1 saturated heterocycles. The van der Waals surface area contributed by atoms with E-state index in [2.05, 4.69) is 41.7 Å². The summed E-state index contributed by atoms with van der Waals surface area (Å²) in [6, 6.07) is 8.38. The van der Waals surface area contributed by atoms with E-state index in [1.54, 1.807) is 6.92 Å². The third-order valence-corrected chi connectivity index (χ3v) is 6.75. The summed E-state index contributed by atoms with van der Waals surface area (Å²) < 4.78 is 33.5. The number of nitrogens with one attached hydrogen (secondary N) is 1. The van der Waals surface area contributed by atoms with Crippen LogP contribution in [0.25, 0.3) is 0 Å². The molecule has 0 aliphatic carbocycles. The Bertz CT molecular complexity index is 627. The van der Waals surface area contributed by atoms with E-state index in [-0.39, 0.29) is 11.3 Å². The predicted molar refractivity (Wildman–Crippen MR) is 102 cm³/mol. The molecule has 142 valence electrons. The van der Waals surface area contributed by atoms with E-state index < -0.39 is 10.0 Å². The van der Waals surface area contributed by atoms with E-state index in [0.29, 0.717) is 26.2 Å². The molecule has 0 amide bonds. The van der Waals surface area contributed by atoms with Crippen LogP contribution >= 0.6 is 0 Å². The Morgan fingerprint density at radius 1 is 1.28 bits per heavy atom. The summed E-state index contributed by atoms with van der Waals surface area (Å²) in [5, 5.41) is -0.352. The summed E-state index contributed by atoms with van der Waals surface area (Å²) >= 11 is 0. The number of sulfonamides is 1. The SMILES string of the molecule is CCCC[C@H](C)S(=O)(=O)NC[C@@H](c1cccc(C)c1)N1CCOCC1. The number of unbranched alkanes of at least 4 members (excludes halogenated alkanes) is 1. The molecule has 1 aromatic carbocycles. The van der Waals surface area contributed by atoms with Crippen molar-refractivity contribution in [1.29, 1.82) is 0 Å². The van der Waals surface area contributed by atoms with Gasteiger partial charge in [-0.3, -0.25) is 4.90 Å². The number of ether oxygens (including phenoxy) is 1. The number of hydrogen-bond acceptors (Lipinski definition) is 4. The molecule has 25 heavy (non-hydrogen) atoms. The first-order chi connectivity index (χ1) is 11.9. The third-order valence-electron chi connectivity index (χ3n) is 4.89. The van der Waals surface area contributed by atoms with Crippen LogP contribution in [-0.4, -0.2) is 51.4 Å². The van der Waals surface area contributed by atoms with Crippen molar-refractivity contribution in [2.75, 3.05) is 32.8 Å².